The normalized spacial score (nSPS) is 14.4. The van der Waals surface area contributed by atoms with Crippen molar-refractivity contribution in [2.24, 2.45) is 7.05 Å². The molecule has 1 aliphatic heterocycles. The molecule has 0 radical (unpaired) electrons. The van der Waals surface area contributed by atoms with Gasteiger partial charge >= 0.3 is 0 Å². The van der Waals surface area contributed by atoms with Crippen molar-refractivity contribution in [3.05, 3.63) is 52.6 Å². The Labute approximate surface area is 161 Å². The molecule has 0 atom stereocenters. The number of anilines is 1. The van der Waals surface area contributed by atoms with Crippen LogP contribution in [0.15, 0.2) is 41.3 Å². The van der Waals surface area contributed by atoms with Gasteiger partial charge in [0.2, 0.25) is 11.8 Å². The van der Waals surface area contributed by atoms with Crippen LogP contribution in [-0.4, -0.2) is 63.8 Å². The van der Waals surface area contributed by atoms with E-state index < -0.39 is 0 Å². The van der Waals surface area contributed by atoms with E-state index in [-0.39, 0.29) is 11.5 Å². The number of nitrogens with zero attached hydrogens (tertiary/aromatic N) is 6. The lowest BCUT2D eigenvalue weighted by atomic mass is 10.1. The Morgan fingerprint density at radius 2 is 1.79 bits per heavy atom. The fraction of sp³-hybridized carbons (Fsp3) is 0.316. The molecule has 0 unspecified atom stereocenters. The van der Waals surface area contributed by atoms with Gasteiger partial charge in [-0.25, -0.2) is 9.67 Å². The molecule has 1 aliphatic rings. The predicted octanol–water partition coefficient (Wildman–Crippen LogP) is 0.694. The van der Waals surface area contributed by atoms with Gasteiger partial charge in [0.05, 0.1) is 12.5 Å². The number of ether oxygens (including phenoxy) is 1. The summed E-state index contributed by atoms with van der Waals surface area (Å²) < 4.78 is 6.36. The molecule has 1 amide bonds. The highest BCUT2D eigenvalue weighted by Gasteiger charge is 2.26. The van der Waals surface area contributed by atoms with Crippen molar-refractivity contribution in [3.63, 3.8) is 0 Å². The molecule has 0 bridgehead atoms. The summed E-state index contributed by atoms with van der Waals surface area (Å²) in [5.41, 5.74) is 0.0796. The molecule has 0 aliphatic carbocycles. The molecule has 3 aromatic rings. The molecule has 1 fully saturated rings. The predicted molar refractivity (Wildman–Crippen MR) is 104 cm³/mol. The third-order valence-electron chi connectivity index (χ3n) is 4.84. The van der Waals surface area contributed by atoms with Gasteiger partial charge in [-0.1, -0.05) is 18.2 Å². The summed E-state index contributed by atoms with van der Waals surface area (Å²) in [7, 11) is 3.12. The maximum Gasteiger partial charge on any atom is 0.275 e. The van der Waals surface area contributed by atoms with E-state index in [1.807, 2.05) is 4.90 Å². The summed E-state index contributed by atoms with van der Waals surface area (Å²) in [6.45, 7) is 2.22. The van der Waals surface area contributed by atoms with Gasteiger partial charge < -0.3 is 14.5 Å². The number of aromatic nitrogens is 4. The van der Waals surface area contributed by atoms with Crippen molar-refractivity contribution in [2.75, 3.05) is 38.2 Å². The van der Waals surface area contributed by atoms with Gasteiger partial charge in [0.1, 0.15) is 0 Å². The molecule has 9 nitrogen and oxygen atoms in total. The Bertz CT molecular complexity index is 1090. The Morgan fingerprint density at radius 1 is 1.07 bits per heavy atom. The molecule has 144 valence electrons. The highest BCUT2D eigenvalue weighted by atomic mass is 16.5. The SMILES string of the molecule is COc1ccnc(N2CCN(C(=O)c3nn(C)c(=O)c4ccccc34)CC2)n1. The highest BCUT2D eigenvalue weighted by molar-refractivity contribution is 6.04. The van der Waals surface area contributed by atoms with E-state index in [0.717, 1.165) is 0 Å². The smallest absolute Gasteiger partial charge is 0.275 e. The molecule has 0 saturated carbocycles. The number of methoxy groups -OCH3 is 1. The summed E-state index contributed by atoms with van der Waals surface area (Å²) in [6.07, 6.45) is 1.65. The number of aryl methyl sites for hydroxylation is 1. The Kier molecular flexibility index (Phi) is 4.64. The molecule has 1 saturated heterocycles. The quantitative estimate of drug-likeness (QED) is 0.660. The van der Waals surface area contributed by atoms with Crippen molar-refractivity contribution in [3.8, 4) is 5.88 Å². The number of piperazine rings is 1. The first kappa shape index (κ1) is 17.9. The largest absolute Gasteiger partial charge is 0.481 e. The Morgan fingerprint density at radius 3 is 2.50 bits per heavy atom. The summed E-state index contributed by atoms with van der Waals surface area (Å²) in [5, 5.41) is 5.30. The van der Waals surface area contributed by atoms with Gasteiger partial charge in [-0.15, -0.1) is 0 Å². The lowest BCUT2D eigenvalue weighted by Gasteiger charge is -2.34. The maximum atomic E-state index is 13.1. The molecule has 0 N–H and O–H groups in total. The van der Waals surface area contributed by atoms with Gasteiger partial charge in [-0.3, -0.25) is 9.59 Å². The molecular weight excluding hydrogens is 360 g/mol. The number of carbonyl (C=O) groups is 1. The van der Waals surface area contributed by atoms with Crippen LogP contribution in [0.4, 0.5) is 5.95 Å². The fourth-order valence-electron chi connectivity index (χ4n) is 3.32. The number of carbonyl (C=O) groups excluding carboxylic acids is 1. The minimum absolute atomic E-state index is 0.182. The third kappa shape index (κ3) is 3.15. The minimum atomic E-state index is -0.216. The zero-order valence-corrected chi connectivity index (χ0v) is 15.7. The van der Waals surface area contributed by atoms with Crippen LogP contribution in [0.3, 0.4) is 0 Å². The topological polar surface area (TPSA) is 93.5 Å². The molecule has 1 aromatic carbocycles. The van der Waals surface area contributed by atoms with E-state index in [9.17, 15) is 9.59 Å². The lowest BCUT2D eigenvalue weighted by Crippen LogP contribution is -2.49. The van der Waals surface area contributed by atoms with Crippen LogP contribution in [-0.2, 0) is 7.05 Å². The summed E-state index contributed by atoms with van der Waals surface area (Å²) in [6, 6.07) is 8.76. The summed E-state index contributed by atoms with van der Waals surface area (Å²) in [4.78, 5) is 37.8. The van der Waals surface area contributed by atoms with Crippen molar-refractivity contribution >= 4 is 22.6 Å². The number of amides is 1. The Balaban J connectivity index is 1.56. The van der Waals surface area contributed by atoms with Crippen LogP contribution in [0.1, 0.15) is 10.5 Å². The number of hydrogen-bond donors (Lipinski definition) is 0. The first-order valence-corrected chi connectivity index (χ1v) is 8.96. The Hall–Kier alpha value is -3.49. The van der Waals surface area contributed by atoms with E-state index in [1.165, 1.54) is 4.68 Å². The lowest BCUT2D eigenvalue weighted by molar-refractivity contribution is 0.0740. The van der Waals surface area contributed by atoms with Crippen molar-refractivity contribution < 1.29 is 9.53 Å². The van der Waals surface area contributed by atoms with Crippen LogP contribution >= 0.6 is 0 Å². The van der Waals surface area contributed by atoms with E-state index in [2.05, 4.69) is 15.1 Å². The van der Waals surface area contributed by atoms with E-state index in [0.29, 0.717) is 54.5 Å². The van der Waals surface area contributed by atoms with Gasteiger partial charge in [0.15, 0.2) is 5.69 Å². The second-order valence-corrected chi connectivity index (χ2v) is 6.50. The standard InChI is InChI=1S/C19H20N6O3/c1-23-17(26)14-6-4-3-5-13(14)16(22-23)18(27)24-9-11-25(12-10-24)19-20-8-7-15(21-19)28-2/h3-8H,9-12H2,1-2H3. The van der Waals surface area contributed by atoms with Crippen LogP contribution < -0.4 is 15.2 Å². The first-order chi connectivity index (χ1) is 13.6. The monoisotopic (exact) mass is 380 g/mol. The maximum absolute atomic E-state index is 13.1. The van der Waals surface area contributed by atoms with Crippen LogP contribution in [0.5, 0.6) is 5.88 Å². The van der Waals surface area contributed by atoms with Crippen LogP contribution in [0.2, 0.25) is 0 Å². The van der Waals surface area contributed by atoms with E-state index in [4.69, 9.17) is 4.74 Å². The van der Waals surface area contributed by atoms with Crippen molar-refractivity contribution in [1.82, 2.24) is 24.6 Å². The molecule has 28 heavy (non-hydrogen) atoms. The van der Waals surface area contributed by atoms with Gasteiger partial charge in [0.25, 0.3) is 11.5 Å². The first-order valence-electron chi connectivity index (χ1n) is 8.96. The fourth-order valence-corrected chi connectivity index (χ4v) is 3.32. The van der Waals surface area contributed by atoms with Gasteiger partial charge in [-0.05, 0) is 6.07 Å². The van der Waals surface area contributed by atoms with Crippen LogP contribution in [0.25, 0.3) is 10.8 Å². The average molecular weight is 380 g/mol. The summed E-state index contributed by atoms with van der Waals surface area (Å²) in [5.74, 6) is 0.902. The van der Waals surface area contributed by atoms with Crippen LogP contribution in [0, 0.1) is 0 Å². The molecule has 3 heterocycles. The zero-order chi connectivity index (χ0) is 19.7. The highest BCUT2D eigenvalue weighted by Crippen LogP contribution is 2.18. The molecule has 2 aromatic heterocycles. The van der Waals surface area contributed by atoms with E-state index in [1.54, 1.807) is 55.6 Å². The minimum Gasteiger partial charge on any atom is -0.481 e. The van der Waals surface area contributed by atoms with E-state index >= 15 is 0 Å². The number of rotatable bonds is 3. The molecule has 9 heteroatoms. The molecular formula is C19H20N6O3. The van der Waals surface area contributed by atoms with Gasteiger partial charge in [-0.2, -0.15) is 10.1 Å². The number of hydrogen-bond acceptors (Lipinski definition) is 7. The molecule has 4 rings (SSSR count). The van der Waals surface area contributed by atoms with Gasteiger partial charge in [0, 0.05) is 50.9 Å². The third-order valence-corrected chi connectivity index (χ3v) is 4.84. The second-order valence-electron chi connectivity index (χ2n) is 6.50. The second kappa shape index (κ2) is 7.26. The number of benzene rings is 1. The molecule has 0 spiro atoms. The summed E-state index contributed by atoms with van der Waals surface area (Å²) >= 11 is 0. The zero-order valence-electron chi connectivity index (χ0n) is 15.7. The number of fused-ring (bicyclic) bond motifs is 1. The average Bonchev–Trinajstić information content (AvgIpc) is 2.76. The van der Waals surface area contributed by atoms with Crippen molar-refractivity contribution in [2.45, 2.75) is 0 Å². The van der Waals surface area contributed by atoms with Crippen molar-refractivity contribution in [1.29, 1.82) is 0 Å².